The molecule has 0 bridgehead atoms. The normalized spacial score (nSPS) is 19.3. The van der Waals surface area contributed by atoms with E-state index in [1.165, 1.54) is 21.7 Å². The van der Waals surface area contributed by atoms with Crippen LogP contribution in [0.5, 0.6) is 0 Å². The number of piperidine rings is 1. The number of hydrogen-bond donors (Lipinski definition) is 2. The summed E-state index contributed by atoms with van der Waals surface area (Å²) in [6.45, 7) is 3.49. The molecule has 1 aromatic carbocycles. The molecule has 1 fully saturated rings. The van der Waals surface area contributed by atoms with Gasteiger partial charge in [-0.2, -0.15) is 0 Å². The van der Waals surface area contributed by atoms with Crippen LogP contribution in [0.3, 0.4) is 0 Å². The van der Waals surface area contributed by atoms with Crippen LogP contribution in [0.2, 0.25) is 0 Å². The Balaban J connectivity index is 1.75. The van der Waals surface area contributed by atoms with Gasteiger partial charge in [-0.05, 0) is 37.3 Å². The largest absolute Gasteiger partial charge is 0.338 e. The standard InChI is InChI=1S/C16H25N3O3S/c1-13-6-3-4-7-14(13)9-10-17-16(20)18-15-8-5-11-19(12-15)23(2,21)22/h3-4,6-7,15H,5,8-12H2,1-2H3,(H2,17,18,20)/t15-/m1/s1. The molecule has 7 heteroatoms. The van der Waals surface area contributed by atoms with Gasteiger partial charge in [-0.1, -0.05) is 24.3 Å². The molecule has 1 aliphatic heterocycles. The molecule has 2 rings (SSSR count). The number of aryl methyl sites for hydroxylation is 1. The second-order valence-electron chi connectivity index (χ2n) is 6.04. The number of amides is 2. The number of rotatable bonds is 5. The second-order valence-corrected chi connectivity index (χ2v) is 8.02. The van der Waals surface area contributed by atoms with Crippen LogP contribution in [0.4, 0.5) is 4.79 Å². The molecule has 0 saturated carbocycles. The molecule has 1 atom stereocenters. The van der Waals surface area contributed by atoms with Crippen LogP contribution in [0, 0.1) is 6.92 Å². The number of urea groups is 1. The van der Waals surface area contributed by atoms with Crippen molar-refractivity contribution in [2.75, 3.05) is 25.9 Å². The monoisotopic (exact) mass is 339 g/mol. The summed E-state index contributed by atoms with van der Waals surface area (Å²) < 4.78 is 24.6. The van der Waals surface area contributed by atoms with E-state index >= 15 is 0 Å². The van der Waals surface area contributed by atoms with Crippen LogP contribution in [-0.4, -0.2) is 50.7 Å². The quantitative estimate of drug-likeness (QED) is 0.848. The molecule has 1 aromatic rings. The number of hydrogen-bond acceptors (Lipinski definition) is 3. The van der Waals surface area contributed by atoms with Gasteiger partial charge in [0.05, 0.1) is 6.26 Å². The van der Waals surface area contributed by atoms with Crippen LogP contribution in [-0.2, 0) is 16.4 Å². The van der Waals surface area contributed by atoms with Crippen molar-refractivity contribution in [1.29, 1.82) is 0 Å². The highest BCUT2D eigenvalue weighted by Crippen LogP contribution is 2.13. The zero-order valence-electron chi connectivity index (χ0n) is 13.7. The molecule has 1 heterocycles. The summed E-state index contributed by atoms with van der Waals surface area (Å²) in [6.07, 6.45) is 3.55. The summed E-state index contributed by atoms with van der Waals surface area (Å²) in [6, 6.07) is 7.73. The van der Waals surface area contributed by atoms with Gasteiger partial charge in [0.1, 0.15) is 0 Å². The minimum atomic E-state index is -3.19. The zero-order valence-corrected chi connectivity index (χ0v) is 14.5. The third-order valence-electron chi connectivity index (χ3n) is 4.13. The summed E-state index contributed by atoms with van der Waals surface area (Å²) in [7, 11) is -3.19. The average molecular weight is 339 g/mol. The summed E-state index contributed by atoms with van der Waals surface area (Å²) >= 11 is 0. The molecule has 23 heavy (non-hydrogen) atoms. The van der Waals surface area contributed by atoms with Crippen molar-refractivity contribution in [2.45, 2.75) is 32.2 Å². The lowest BCUT2D eigenvalue weighted by molar-refractivity contribution is 0.226. The van der Waals surface area contributed by atoms with E-state index in [-0.39, 0.29) is 12.1 Å². The predicted molar refractivity (Wildman–Crippen MR) is 90.9 cm³/mol. The van der Waals surface area contributed by atoms with Gasteiger partial charge in [0, 0.05) is 25.7 Å². The van der Waals surface area contributed by atoms with Crippen molar-refractivity contribution in [3.63, 3.8) is 0 Å². The molecule has 0 unspecified atom stereocenters. The van der Waals surface area contributed by atoms with E-state index in [1.54, 1.807) is 0 Å². The van der Waals surface area contributed by atoms with E-state index < -0.39 is 10.0 Å². The van der Waals surface area contributed by atoms with Gasteiger partial charge in [0.25, 0.3) is 0 Å². The topological polar surface area (TPSA) is 78.5 Å². The van der Waals surface area contributed by atoms with Crippen LogP contribution < -0.4 is 10.6 Å². The van der Waals surface area contributed by atoms with Crippen molar-refractivity contribution in [1.82, 2.24) is 14.9 Å². The summed E-state index contributed by atoms with van der Waals surface area (Å²) in [5.74, 6) is 0. The van der Waals surface area contributed by atoms with Gasteiger partial charge in [0.2, 0.25) is 10.0 Å². The Hall–Kier alpha value is -1.60. The summed E-state index contributed by atoms with van der Waals surface area (Å²) in [4.78, 5) is 12.0. The van der Waals surface area contributed by atoms with E-state index in [2.05, 4.69) is 29.7 Å². The van der Waals surface area contributed by atoms with Crippen molar-refractivity contribution < 1.29 is 13.2 Å². The first-order valence-electron chi connectivity index (χ1n) is 7.90. The Morgan fingerprint density at radius 1 is 1.35 bits per heavy atom. The van der Waals surface area contributed by atoms with Gasteiger partial charge >= 0.3 is 6.03 Å². The van der Waals surface area contributed by atoms with Crippen molar-refractivity contribution >= 4 is 16.1 Å². The fraction of sp³-hybridized carbons (Fsp3) is 0.562. The highest BCUT2D eigenvalue weighted by atomic mass is 32.2. The van der Waals surface area contributed by atoms with Crippen LogP contribution >= 0.6 is 0 Å². The predicted octanol–water partition coefficient (Wildman–Crippen LogP) is 1.26. The number of benzene rings is 1. The molecule has 0 aromatic heterocycles. The van der Waals surface area contributed by atoms with Crippen molar-refractivity contribution in [3.8, 4) is 0 Å². The Bertz CT molecular complexity index is 646. The molecule has 2 amide bonds. The SMILES string of the molecule is Cc1ccccc1CCNC(=O)N[C@@H]1CCCN(S(C)(=O)=O)C1. The number of carbonyl (C=O) groups excluding carboxylic acids is 1. The lowest BCUT2D eigenvalue weighted by Crippen LogP contribution is -2.51. The lowest BCUT2D eigenvalue weighted by atomic mass is 10.1. The van der Waals surface area contributed by atoms with Gasteiger partial charge < -0.3 is 10.6 Å². The molecule has 0 radical (unpaired) electrons. The van der Waals surface area contributed by atoms with E-state index in [4.69, 9.17) is 0 Å². The van der Waals surface area contributed by atoms with Gasteiger partial charge in [-0.3, -0.25) is 0 Å². The molecule has 2 N–H and O–H groups in total. The van der Waals surface area contributed by atoms with E-state index in [0.29, 0.717) is 19.6 Å². The molecule has 0 aliphatic carbocycles. The minimum Gasteiger partial charge on any atom is -0.338 e. The van der Waals surface area contributed by atoms with Crippen molar-refractivity contribution in [3.05, 3.63) is 35.4 Å². The molecule has 1 aliphatic rings. The third kappa shape index (κ3) is 5.51. The molecular formula is C16H25N3O3S. The summed E-state index contributed by atoms with van der Waals surface area (Å²) in [5, 5.41) is 5.71. The van der Waals surface area contributed by atoms with Gasteiger partial charge in [-0.15, -0.1) is 0 Å². The first-order chi connectivity index (χ1) is 10.9. The zero-order chi connectivity index (χ0) is 16.9. The Labute approximate surface area is 138 Å². The molecule has 128 valence electrons. The lowest BCUT2D eigenvalue weighted by Gasteiger charge is -2.31. The van der Waals surface area contributed by atoms with E-state index in [1.807, 2.05) is 12.1 Å². The van der Waals surface area contributed by atoms with E-state index in [9.17, 15) is 13.2 Å². The number of nitrogens with zero attached hydrogens (tertiary/aromatic N) is 1. The molecule has 1 saturated heterocycles. The fourth-order valence-electron chi connectivity index (χ4n) is 2.80. The average Bonchev–Trinajstić information content (AvgIpc) is 2.48. The minimum absolute atomic E-state index is 0.128. The van der Waals surface area contributed by atoms with Gasteiger partial charge in [-0.25, -0.2) is 17.5 Å². The first-order valence-corrected chi connectivity index (χ1v) is 9.75. The van der Waals surface area contributed by atoms with E-state index in [0.717, 1.165) is 19.3 Å². The highest BCUT2D eigenvalue weighted by molar-refractivity contribution is 7.88. The maximum atomic E-state index is 12.0. The maximum absolute atomic E-state index is 12.0. The molecular weight excluding hydrogens is 314 g/mol. The van der Waals surface area contributed by atoms with Crippen molar-refractivity contribution in [2.24, 2.45) is 0 Å². The number of nitrogens with one attached hydrogen (secondary N) is 2. The van der Waals surface area contributed by atoms with Crippen LogP contribution in [0.15, 0.2) is 24.3 Å². The fourth-order valence-corrected chi connectivity index (χ4v) is 3.71. The maximum Gasteiger partial charge on any atom is 0.315 e. The second kappa shape index (κ2) is 7.79. The molecule has 0 spiro atoms. The Morgan fingerprint density at radius 2 is 2.09 bits per heavy atom. The molecule has 6 nitrogen and oxygen atoms in total. The smallest absolute Gasteiger partial charge is 0.315 e. The van der Waals surface area contributed by atoms with Crippen LogP contribution in [0.25, 0.3) is 0 Å². The first kappa shape index (κ1) is 17.7. The van der Waals surface area contributed by atoms with Crippen LogP contribution in [0.1, 0.15) is 24.0 Å². The Morgan fingerprint density at radius 3 is 2.78 bits per heavy atom. The number of carbonyl (C=O) groups is 1. The third-order valence-corrected chi connectivity index (χ3v) is 5.40. The summed E-state index contributed by atoms with van der Waals surface area (Å²) in [5.41, 5.74) is 2.43. The Kier molecular flexibility index (Phi) is 6.01. The van der Waals surface area contributed by atoms with Gasteiger partial charge in [0.15, 0.2) is 0 Å². The highest BCUT2D eigenvalue weighted by Gasteiger charge is 2.26. The number of sulfonamides is 1.